The van der Waals surface area contributed by atoms with E-state index in [1.165, 1.54) is 6.26 Å². The number of furan rings is 1. The predicted molar refractivity (Wildman–Crippen MR) is 146 cm³/mol. The Morgan fingerprint density at radius 1 is 0.911 bits per heavy atom. The number of benzene rings is 1. The highest BCUT2D eigenvalue weighted by Gasteiger charge is 2.50. The summed E-state index contributed by atoms with van der Waals surface area (Å²) in [4.78, 5) is 24.9. The number of imidazole rings is 1. The van der Waals surface area contributed by atoms with E-state index in [0.717, 1.165) is 48.2 Å². The van der Waals surface area contributed by atoms with Crippen LogP contribution < -0.4 is 0 Å². The topological polar surface area (TPSA) is 146 Å². The first-order chi connectivity index (χ1) is 20.8. The van der Waals surface area contributed by atoms with Crippen molar-refractivity contribution in [2.45, 2.75) is 50.7 Å². The SMILES string of the molecule is Cc1ccc(CN2CCC3(CC2)c2ncc(-c4ccccc4)n2CCN3S(C)(=O)=O)o1.O=C(O)C(F)(F)F.O=C(O)C(F)(F)F. The molecule has 2 aliphatic rings. The maximum atomic E-state index is 12.8. The van der Waals surface area contributed by atoms with Crippen molar-refractivity contribution in [3.05, 3.63) is 66.0 Å². The van der Waals surface area contributed by atoms with E-state index in [4.69, 9.17) is 29.2 Å². The Bertz CT molecular complexity index is 1550. The zero-order chi connectivity index (χ0) is 33.8. The second-order valence-electron chi connectivity index (χ2n) is 10.2. The maximum Gasteiger partial charge on any atom is 0.490 e. The van der Waals surface area contributed by atoms with Gasteiger partial charge in [0.25, 0.3) is 0 Å². The van der Waals surface area contributed by atoms with Crippen LogP contribution in [0.15, 0.2) is 53.1 Å². The minimum absolute atomic E-state index is 0.472. The Morgan fingerprint density at radius 2 is 1.44 bits per heavy atom. The molecule has 0 unspecified atom stereocenters. The van der Waals surface area contributed by atoms with Gasteiger partial charge in [-0.2, -0.15) is 30.6 Å². The lowest BCUT2D eigenvalue weighted by atomic mass is 9.85. The number of nitrogens with zero attached hydrogens (tertiary/aromatic N) is 4. The van der Waals surface area contributed by atoms with Crippen LogP contribution in [0.1, 0.15) is 30.2 Å². The first-order valence-corrected chi connectivity index (χ1v) is 15.1. The minimum atomic E-state index is -5.08. The quantitative estimate of drug-likeness (QED) is 0.384. The van der Waals surface area contributed by atoms with E-state index < -0.39 is 39.9 Å². The fourth-order valence-corrected chi connectivity index (χ4v) is 6.47. The van der Waals surface area contributed by atoms with Crippen molar-refractivity contribution in [2.75, 3.05) is 25.9 Å². The van der Waals surface area contributed by atoms with E-state index in [2.05, 4.69) is 21.6 Å². The molecule has 0 radical (unpaired) electrons. The van der Waals surface area contributed by atoms with Gasteiger partial charge in [0.1, 0.15) is 17.3 Å². The first-order valence-electron chi connectivity index (χ1n) is 13.2. The molecule has 0 aliphatic carbocycles. The molecule has 0 atom stereocenters. The van der Waals surface area contributed by atoms with E-state index in [9.17, 15) is 34.8 Å². The molecule has 1 saturated heterocycles. The van der Waals surface area contributed by atoms with Crippen LogP contribution in [0.25, 0.3) is 11.3 Å². The standard InChI is InChI=1S/C23H28N4O3S.2C2HF3O2/c1-18-8-9-20(30-18)17-25-12-10-23(11-13-25)22-24-16-21(19-6-4-3-5-7-19)26(22)14-15-27(23)31(2,28)29;2*3-2(4,5)1(6)7/h3-9,16H,10-15,17H2,1-2H3;2*(H,6,7). The summed E-state index contributed by atoms with van der Waals surface area (Å²) in [6.45, 7) is 5.36. The molecule has 248 valence electrons. The lowest BCUT2D eigenvalue weighted by Gasteiger charge is -2.49. The van der Waals surface area contributed by atoms with Crippen LogP contribution in [0.4, 0.5) is 26.3 Å². The number of hydrogen-bond acceptors (Lipinski definition) is 7. The molecule has 0 saturated carbocycles. The molecule has 5 rings (SSSR count). The predicted octanol–water partition coefficient (Wildman–Crippen LogP) is 4.48. The van der Waals surface area contributed by atoms with Gasteiger partial charge in [-0.05, 0) is 37.5 Å². The molecule has 4 heterocycles. The molecule has 18 heteroatoms. The van der Waals surface area contributed by atoms with E-state index in [1.54, 1.807) is 4.31 Å². The second-order valence-corrected chi connectivity index (χ2v) is 12.2. The lowest BCUT2D eigenvalue weighted by Crippen LogP contribution is -2.59. The number of sulfonamides is 1. The number of carboxylic acid groups (broad SMARTS) is 2. The molecule has 1 spiro atoms. The van der Waals surface area contributed by atoms with Gasteiger partial charge in [0, 0.05) is 26.2 Å². The van der Waals surface area contributed by atoms with Gasteiger partial charge in [0.15, 0.2) is 0 Å². The van der Waals surface area contributed by atoms with Crippen LogP contribution in [0.2, 0.25) is 0 Å². The molecule has 11 nitrogen and oxygen atoms in total. The number of rotatable bonds is 4. The fraction of sp³-hybridized carbons (Fsp3) is 0.444. The summed E-state index contributed by atoms with van der Waals surface area (Å²) >= 11 is 0. The lowest BCUT2D eigenvalue weighted by molar-refractivity contribution is -0.193. The van der Waals surface area contributed by atoms with Gasteiger partial charge in [-0.25, -0.2) is 23.0 Å². The van der Waals surface area contributed by atoms with Crippen LogP contribution in [0, 0.1) is 6.92 Å². The van der Waals surface area contributed by atoms with E-state index >= 15 is 0 Å². The smallest absolute Gasteiger partial charge is 0.475 e. The van der Waals surface area contributed by atoms with Gasteiger partial charge >= 0.3 is 24.3 Å². The van der Waals surface area contributed by atoms with E-state index in [-0.39, 0.29) is 0 Å². The first kappa shape index (κ1) is 35.6. The average Bonchev–Trinajstić information content (AvgIpc) is 3.56. The number of hydrogen-bond donors (Lipinski definition) is 2. The van der Waals surface area contributed by atoms with Crippen molar-refractivity contribution in [1.29, 1.82) is 0 Å². The largest absolute Gasteiger partial charge is 0.490 e. The van der Waals surface area contributed by atoms with Crippen molar-refractivity contribution >= 4 is 22.0 Å². The van der Waals surface area contributed by atoms with Crippen molar-refractivity contribution in [1.82, 2.24) is 18.8 Å². The summed E-state index contributed by atoms with van der Waals surface area (Å²) in [6.07, 6.45) is -5.52. The normalized spacial score (nSPS) is 17.0. The third-order valence-corrected chi connectivity index (χ3v) is 8.42. The van der Waals surface area contributed by atoms with Crippen LogP contribution >= 0.6 is 0 Å². The van der Waals surface area contributed by atoms with Crippen molar-refractivity contribution in [2.24, 2.45) is 0 Å². The Kier molecular flexibility index (Phi) is 10.8. The number of carbonyl (C=O) groups is 2. The molecule has 1 fully saturated rings. The number of alkyl halides is 6. The molecular weight excluding hydrogens is 638 g/mol. The highest BCUT2D eigenvalue weighted by Crippen LogP contribution is 2.43. The average molecular weight is 669 g/mol. The summed E-state index contributed by atoms with van der Waals surface area (Å²) in [5, 5.41) is 14.2. The zero-order valence-corrected chi connectivity index (χ0v) is 24.8. The van der Waals surface area contributed by atoms with Crippen LogP contribution in [0.3, 0.4) is 0 Å². The van der Waals surface area contributed by atoms with Crippen LogP contribution in [-0.2, 0) is 38.2 Å². The summed E-state index contributed by atoms with van der Waals surface area (Å²) in [5.74, 6) is -2.78. The number of piperidine rings is 1. The van der Waals surface area contributed by atoms with Crippen LogP contribution in [-0.4, -0.2) is 87.6 Å². The number of halogens is 6. The molecule has 0 bridgehead atoms. The summed E-state index contributed by atoms with van der Waals surface area (Å²) in [6, 6.07) is 14.2. The second kappa shape index (κ2) is 13.6. The Morgan fingerprint density at radius 3 is 1.89 bits per heavy atom. The maximum absolute atomic E-state index is 12.8. The Balaban J connectivity index is 0.000000331. The zero-order valence-electron chi connectivity index (χ0n) is 24.0. The van der Waals surface area contributed by atoms with Gasteiger partial charge in [-0.1, -0.05) is 30.3 Å². The third-order valence-electron chi connectivity index (χ3n) is 7.09. The van der Waals surface area contributed by atoms with E-state index in [1.807, 2.05) is 43.5 Å². The molecule has 2 aromatic heterocycles. The highest BCUT2D eigenvalue weighted by molar-refractivity contribution is 7.88. The fourth-order valence-electron chi connectivity index (χ4n) is 5.16. The van der Waals surface area contributed by atoms with Gasteiger partial charge in [-0.3, -0.25) is 4.90 Å². The molecular formula is C27H30F6N4O7S. The van der Waals surface area contributed by atoms with Gasteiger partial charge in [0.05, 0.1) is 30.2 Å². The van der Waals surface area contributed by atoms with Gasteiger partial charge in [0.2, 0.25) is 10.0 Å². The number of aryl methyl sites for hydroxylation is 1. The summed E-state index contributed by atoms with van der Waals surface area (Å²) in [5.41, 5.74) is 1.56. The number of likely N-dealkylation sites (tertiary alicyclic amines) is 1. The molecule has 0 amide bonds. The van der Waals surface area contributed by atoms with Gasteiger partial charge < -0.3 is 19.2 Å². The molecule has 1 aromatic carbocycles. The third kappa shape index (κ3) is 8.85. The minimum Gasteiger partial charge on any atom is -0.475 e. The molecule has 3 aromatic rings. The van der Waals surface area contributed by atoms with Crippen molar-refractivity contribution < 1.29 is 59.0 Å². The van der Waals surface area contributed by atoms with Crippen molar-refractivity contribution in [3.8, 4) is 11.3 Å². The Labute approximate surface area is 253 Å². The Hall–Kier alpha value is -3.90. The number of fused-ring (bicyclic) bond motifs is 2. The molecule has 2 aliphatic heterocycles. The number of carboxylic acids is 2. The van der Waals surface area contributed by atoms with Gasteiger partial charge in [-0.15, -0.1) is 0 Å². The number of aromatic nitrogens is 2. The number of aliphatic carboxylic acids is 2. The summed E-state index contributed by atoms with van der Waals surface area (Å²) in [7, 11) is -3.36. The summed E-state index contributed by atoms with van der Waals surface area (Å²) < 4.78 is 98.7. The van der Waals surface area contributed by atoms with E-state index in [0.29, 0.717) is 25.9 Å². The van der Waals surface area contributed by atoms with Crippen LogP contribution in [0.5, 0.6) is 0 Å². The highest BCUT2D eigenvalue weighted by atomic mass is 32.2. The molecule has 45 heavy (non-hydrogen) atoms. The molecule has 2 N–H and O–H groups in total. The van der Waals surface area contributed by atoms with Crippen molar-refractivity contribution in [3.63, 3.8) is 0 Å². The monoisotopic (exact) mass is 668 g/mol.